The molecule has 0 aliphatic carbocycles. The molecule has 0 saturated heterocycles. The van der Waals surface area contributed by atoms with Crippen molar-refractivity contribution in [3.8, 4) is 5.69 Å². The van der Waals surface area contributed by atoms with E-state index in [9.17, 15) is 0 Å². The highest BCUT2D eigenvalue weighted by Crippen LogP contribution is 2.19. The van der Waals surface area contributed by atoms with E-state index in [0.717, 1.165) is 0 Å². The third-order valence-corrected chi connectivity index (χ3v) is 2.63. The summed E-state index contributed by atoms with van der Waals surface area (Å²) in [5, 5.41) is 0. The molecule has 1 aromatic carbocycles. The molecule has 1 heterocycles. The van der Waals surface area contributed by atoms with E-state index in [-0.39, 0.29) is 0 Å². The zero-order valence-corrected chi connectivity index (χ0v) is 10.9. The van der Waals surface area contributed by atoms with Crippen LogP contribution < -0.4 is 0 Å². The average molecular weight is 215 g/mol. The number of rotatable bonds is 1. The van der Waals surface area contributed by atoms with Crippen molar-refractivity contribution in [2.24, 2.45) is 0 Å². The standard InChI is InChI=1S/C13H15N.C2H6/c1-10-6-4-5-7-13(10)14-11(2)8-9-12(14)3;1-2/h4-9H,1-3H3;1-2H3. The molecule has 0 saturated carbocycles. The van der Waals surface area contributed by atoms with Gasteiger partial charge in [0.25, 0.3) is 0 Å². The second-order valence-electron chi connectivity index (χ2n) is 3.74. The Kier molecular flexibility index (Phi) is 4.36. The largest absolute Gasteiger partial charge is 0.318 e. The normalized spacial score (nSPS) is 9.56. The highest BCUT2D eigenvalue weighted by Gasteiger charge is 2.04. The van der Waals surface area contributed by atoms with Gasteiger partial charge in [-0.05, 0) is 44.5 Å². The molecule has 0 radical (unpaired) electrons. The van der Waals surface area contributed by atoms with Crippen LogP contribution >= 0.6 is 0 Å². The molecule has 16 heavy (non-hydrogen) atoms. The molecule has 0 N–H and O–H groups in total. The molecule has 0 fully saturated rings. The number of hydrogen-bond donors (Lipinski definition) is 0. The Morgan fingerprint density at radius 3 is 1.75 bits per heavy atom. The van der Waals surface area contributed by atoms with Crippen LogP contribution in [0.2, 0.25) is 0 Å². The number of benzene rings is 1. The van der Waals surface area contributed by atoms with Crippen molar-refractivity contribution in [2.45, 2.75) is 34.6 Å². The van der Waals surface area contributed by atoms with Crippen molar-refractivity contribution in [1.82, 2.24) is 4.57 Å². The van der Waals surface area contributed by atoms with Crippen molar-refractivity contribution in [3.05, 3.63) is 53.3 Å². The number of para-hydroxylation sites is 1. The monoisotopic (exact) mass is 215 g/mol. The van der Waals surface area contributed by atoms with Crippen molar-refractivity contribution in [3.63, 3.8) is 0 Å². The molecule has 0 amide bonds. The van der Waals surface area contributed by atoms with Gasteiger partial charge in [0.1, 0.15) is 0 Å². The molecule has 1 aromatic heterocycles. The molecular formula is C15H21N. The maximum Gasteiger partial charge on any atom is 0.0484 e. The van der Waals surface area contributed by atoms with Gasteiger partial charge in [-0.2, -0.15) is 0 Å². The first-order valence-corrected chi connectivity index (χ1v) is 5.91. The van der Waals surface area contributed by atoms with E-state index in [0.29, 0.717) is 0 Å². The van der Waals surface area contributed by atoms with E-state index in [2.05, 4.69) is 61.7 Å². The Hall–Kier alpha value is -1.50. The molecule has 0 unspecified atom stereocenters. The zero-order chi connectivity index (χ0) is 12.1. The third-order valence-electron chi connectivity index (χ3n) is 2.63. The first kappa shape index (κ1) is 12.6. The zero-order valence-electron chi connectivity index (χ0n) is 10.9. The molecule has 0 spiro atoms. The maximum absolute atomic E-state index is 2.29. The van der Waals surface area contributed by atoms with Crippen LogP contribution in [0, 0.1) is 20.8 Å². The number of aryl methyl sites for hydroxylation is 3. The van der Waals surface area contributed by atoms with E-state index >= 15 is 0 Å². The molecule has 0 aliphatic heterocycles. The summed E-state index contributed by atoms with van der Waals surface area (Å²) < 4.78 is 2.29. The van der Waals surface area contributed by atoms with E-state index < -0.39 is 0 Å². The lowest BCUT2D eigenvalue weighted by Crippen LogP contribution is -2.00. The predicted molar refractivity (Wildman–Crippen MR) is 71.3 cm³/mol. The van der Waals surface area contributed by atoms with Crippen LogP contribution in [0.25, 0.3) is 5.69 Å². The van der Waals surface area contributed by atoms with Crippen molar-refractivity contribution >= 4 is 0 Å². The first-order valence-electron chi connectivity index (χ1n) is 5.91. The number of hydrogen-bond acceptors (Lipinski definition) is 0. The van der Waals surface area contributed by atoms with Gasteiger partial charge in [0.15, 0.2) is 0 Å². The SMILES string of the molecule is CC.Cc1ccccc1-n1c(C)ccc1C. The van der Waals surface area contributed by atoms with Gasteiger partial charge in [-0.1, -0.05) is 32.0 Å². The molecule has 1 heteroatoms. The lowest BCUT2D eigenvalue weighted by Gasteiger charge is -2.11. The Morgan fingerprint density at radius 1 is 0.750 bits per heavy atom. The van der Waals surface area contributed by atoms with Crippen molar-refractivity contribution in [2.75, 3.05) is 0 Å². The average Bonchev–Trinajstić information content (AvgIpc) is 2.63. The maximum atomic E-state index is 2.29. The van der Waals surface area contributed by atoms with Gasteiger partial charge in [-0.15, -0.1) is 0 Å². The Morgan fingerprint density at radius 2 is 1.25 bits per heavy atom. The topological polar surface area (TPSA) is 4.93 Å². The van der Waals surface area contributed by atoms with Gasteiger partial charge >= 0.3 is 0 Å². The summed E-state index contributed by atoms with van der Waals surface area (Å²) in [7, 11) is 0. The van der Waals surface area contributed by atoms with Crippen LogP contribution in [-0.4, -0.2) is 4.57 Å². The van der Waals surface area contributed by atoms with Crippen LogP contribution in [0.5, 0.6) is 0 Å². The summed E-state index contributed by atoms with van der Waals surface area (Å²) in [4.78, 5) is 0. The molecule has 0 bridgehead atoms. The minimum Gasteiger partial charge on any atom is -0.318 e. The van der Waals surface area contributed by atoms with E-state index in [4.69, 9.17) is 0 Å². The Bertz CT molecular complexity index is 433. The quantitative estimate of drug-likeness (QED) is 0.663. The van der Waals surface area contributed by atoms with Crippen LogP contribution in [0.3, 0.4) is 0 Å². The highest BCUT2D eigenvalue weighted by atomic mass is 15.0. The van der Waals surface area contributed by atoms with Gasteiger partial charge in [0.2, 0.25) is 0 Å². The smallest absolute Gasteiger partial charge is 0.0484 e. The lowest BCUT2D eigenvalue weighted by atomic mass is 10.2. The lowest BCUT2D eigenvalue weighted by molar-refractivity contribution is 0.955. The van der Waals surface area contributed by atoms with Gasteiger partial charge < -0.3 is 4.57 Å². The summed E-state index contributed by atoms with van der Waals surface area (Å²) >= 11 is 0. The molecule has 2 rings (SSSR count). The van der Waals surface area contributed by atoms with Crippen LogP contribution in [-0.2, 0) is 0 Å². The number of nitrogens with zero attached hydrogens (tertiary/aromatic N) is 1. The van der Waals surface area contributed by atoms with E-state index in [1.54, 1.807) is 0 Å². The second kappa shape index (κ2) is 5.55. The fourth-order valence-corrected chi connectivity index (χ4v) is 1.86. The summed E-state index contributed by atoms with van der Waals surface area (Å²) in [6.45, 7) is 10.4. The molecule has 86 valence electrons. The third kappa shape index (κ3) is 2.35. The minimum atomic E-state index is 1.28. The second-order valence-corrected chi connectivity index (χ2v) is 3.74. The summed E-state index contributed by atoms with van der Waals surface area (Å²) in [5.41, 5.74) is 5.18. The molecule has 0 atom stereocenters. The Labute approximate surface area is 98.7 Å². The van der Waals surface area contributed by atoms with Crippen LogP contribution in [0.15, 0.2) is 36.4 Å². The van der Waals surface area contributed by atoms with Crippen LogP contribution in [0.1, 0.15) is 30.8 Å². The highest BCUT2D eigenvalue weighted by molar-refractivity contribution is 5.43. The fraction of sp³-hybridized carbons (Fsp3) is 0.333. The molecule has 0 aliphatic rings. The predicted octanol–water partition coefficient (Wildman–Crippen LogP) is 4.43. The Balaban J connectivity index is 0.000000606. The molecule has 1 nitrogen and oxygen atoms in total. The minimum absolute atomic E-state index is 1.28. The van der Waals surface area contributed by atoms with Gasteiger partial charge in [0.05, 0.1) is 0 Å². The summed E-state index contributed by atoms with van der Waals surface area (Å²) in [6.07, 6.45) is 0. The summed E-state index contributed by atoms with van der Waals surface area (Å²) in [5.74, 6) is 0. The molecule has 2 aromatic rings. The van der Waals surface area contributed by atoms with Crippen LogP contribution in [0.4, 0.5) is 0 Å². The fourth-order valence-electron chi connectivity index (χ4n) is 1.86. The van der Waals surface area contributed by atoms with Gasteiger partial charge in [0, 0.05) is 17.1 Å². The number of aromatic nitrogens is 1. The van der Waals surface area contributed by atoms with Crippen molar-refractivity contribution < 1.29 is 0 Å². The van der Waals surface area contributed by atoms with Gasteiger partial charge in [-0.25, -0.2) is 0 Å². The van der Waals surface area contributed by atoms with E-state index in [1.165, 1.54) is 22.6 Å². The van der Waals surface area contributed by atoms with Gasteiger partial charge in [-0.3, -0.25) is 0 Å². The first-order chi connectivity index (χ1) is 7.70. The summed E-state index contributed by atoms with van der Waals surface area (Å²) in [6, 6.07) is 12.8. The molecular weight excluding hydrogens is 194 g/mol. The van der Waals surface area contributed by atoms with Crippen molar-refractivity contribution in [1.29, 1.82) is 0 Å². The van der Waals surface area contributed by atoms with E-state index in [1.807, 2.05) is 13.8 Å².